The van der Waals surface area contributed by atoms with Gasteiger partial charge in [0.05, 0.1) is 16.6 Å². The summed E-state index contributed by atoms with van der Waals surface area (Å²) in [5.41, 5.74) is 1.56. The lowest BCUT2D eigenvalue weighted by atomic mass is 9.95. The van der Waals surface area contributed by atoms with Gasteiger partial charge >= 0.3 is 5.97 Å². The molecule has 160 valence electrons. The molecule has 1 aromatic heterocycles. The highest BCUT2D eigenvalue weighted by atomic mass is 79.9. The molecule has 0 fully saturated rings. The topological polar surface area (TPSA) is 76.7 Å². The molecule has 0 spiro atoms. The van der Waals surface area contributed by atoms with Gasteiger partial charge in [-0.2, -0.15) is 0 Å². The van der Waals surface area contributed by atoms with Crippen molar-refractivity contribution in [3.05, 3.63) is 43.1 Å². The summed E-state index contributed by atoms with van der Waals surface area (Å²) in [4.78, 5) is 25.9. The number of benzene rings is 1. The highest BCUT2D eigenvalue weighted by Gasteiger charge is 2.27. The summed E-state index contributed by atoms with van der Waals surface area (Å²) in [6.07, 6.45) is 3.92. The Hall–Kier alpha value is -1.49. The predicted molar refractivity (Wildman–Crippen MR) is 129 cm³/mol. The Balaban J connectivity index is 1.63. The van der Waals surface area contributed by atoms with Crippen LogP contribution in [0, 0.1) is 0 Å². The van der Waals surface area contributed by atoms with Crippen molar-refractivity contribution >= 4 is 77.4 Å². The maximum absolute atomic E-state index is 12.5. The van der Waals surface area contributed by atoms with E-state index in [0.29, 0.717) is 22.9 Å². The van der Waals surface area contributed by atoms with Gasteiger partial charge in [-0.1, -0.05) is 15.9 Å². The lowest BCUT2D eigenvalue weighted by molar-refractivity contribution is -0.121. The van der Waals surface area contributed by atoms with Gasteiger partial charge in [-0.25, -0.2) is 4.79 Å². The number of hydrogen-bond donors (Lipinski definition) is 2. The number of thiocarbonyl (C=S) groups is 1. The molecule has 1 aliphatic carbocycles. The molecule has 2 N–H and O–H groups in total. The van der Waals surface area contributed by atoms with Crippen molar-refractivity contribution in [3.63, 3.8) is 0 Å². The van der Waals surface area contributed by atoms with Crippen molar-refractivity contribution in [1.29, 1.82) is 0 Å². The highest BCUT2D eigenvalue weighted by molar-refractivity contribution is 9.11. The summed E-state index contributed by atoms with van der Waals surface area (Å²) in [6, 6.07) is 5.40. The minimum absolute atomic E-state index is 0.114. The monoisotopic (exact) mass is 574 g/mol. The van der Waals surface area contributed by atoms with E-state index >= 15 is 0 Å². The predicted octanol–water partition coefficient (Wildman–Crippen LogP) is 5.22. The number of fused-ring (bicyclic) bond motifs is 1. The number of thiophene rings is 1. The second-order valence-corrected chi connectivity index (χ2v) is 9.78. The summed E-state index contributed by atoms with van der Waals surface area (Å²) in [6.45, 7) is 1.87. The van der Waals surface area contributed by atoms with Crippen LogP contribution in [0.4, 0.5) is 5.00 Å². The van der Waals surface area contributed by atoms with Gasteiger partial charge in [0.1, 0.15) is 10.8 Å². The minimum atomic E-state index is -0.402. The molecule has 1 amide bonds. The van der Waals surface area contributed by atoms with E-state index in [-0.39, 0.29) is 17.7 Å². The molecule has 30 heavy (non-hydrogen) atoms. The summed E-state index contributed by atoms with van der Waals surface area (Å²) >= 11 is 13.5. The molecule has 0 saturated heterocycles. The molecule has 1 heterocycles. The molecule has 0 saturated carbocycles. The van der Waals surface area contributed by atoms with Crippen molar-refractivity contribution in [2.24, 2.45) is 0 Å². The molecule has 6 nitrogen and oxygen atoms in total. The number of halogens is 2. The summed E-state index contributed by atoms with van der Waals surface area (Å²) in [5.74, 6) is -0.221. The number of rotatable bonds is 6. The lowest BCUT2D eigenvalue weighted by Crippen LogP contribution is -2.37. The Labute approximate surface area is 201 Å². The zero-order chi connectivity index (χ0) is 21.7. The number of esters is 1. The van der Waals surface area contributed by atoms with E-state index in [9.17, 15) is 9.59 Å². The molecular weight excluding hydrogens is 556 g/mol. The quantitative estimate of drug-likeness (QED) is 0.363. The number of hydrogen-bond acceptors (Lipinski definition) is 6. The highest BCUT2D eigenvalue weighted by Crippen LogP contribution is 2.38. The molecule has 0 bridgehead atoms. The third kappa shape index (κ3) is 5.81. The zero-order valence-electron chi connectivity index (χ0n) is 16.2. The van der Waals surface area contributed by atoms with Crippen molar-refractivity contribution in [3.8, 4) is 5.75 Å². The average Bonchev–Trinajstić information content (AvgIpc) is 3.05. The van der Waals surface area contributed by atoms with Crippen LogP contribution in [0.2, 0.25) is 0 Å². The molecule has 1 aliphatic rings. The van der Waals surface area contributed by atoms with Crippen molar-refractivity contribution in [1.82, 2.24) is 5.32 Å². The van der Waals surface area contributed by atoms with E-state index in [1.165, 1.54) is 16.2 Å². The van der Waals surface area contributed by atoms with Crippen LogP contribution in [0.25, 0.3) is 0 Å². The summed E-state index contributed by atoms with van der Waals surface area (Å²) < 4.78 is 12.4. The first-order chi connectivity index (χ1) is 14.4. The Morgan fingerprint density at radius 2 is 2.00 bits per heavy atom. The number of aryl methyl sites for hydroxylation is 1. The van der Waals surface area contributed by atoms with E-state index < -0.39 is 5.91 Å². The van der Waals surface area contributed by atoms with Crippen LogP contribution in [0.1, 0.15) is 40.6 Å². The zero-order valence-corrected chi connectivity index (χ0v) is 21.0. The van der Waals surface area contributed by atoms with Gasteiger partial charge in [0.15, 0.2) is 11.7 Å². The molecule has 2 aromatic rings. The van der Waals surface area contributed by atoms with Gasteiger partial charge in [0, 0.05) is 9.35 Å². The van der Waals surface area contributed by atoms with E-state index in [1.807, 2.05) is 12.1 Å². The number of anilines is 1. The first kappa shape index (κ1) is 23.2. The fourth-order valence-electron chi connectivity index (χ4n) is 3.11. The molecule has 1 aromatic carbocycles. The van der Waals surface area contributed by atoms with Gasteiger partial charge in [-0.15, -0.1) is 11.3 Å². The maximum Gasteiger partial charge on any atom is 0.341 e. The van der Waals surface area contributed by atoms with Crippen molar-refractivity contribution in [2.45, 2.75) is 32.6 Å². The number of ether oxygens (including phenoxy) is 2. The number of amides is 1. The van der Waals surface area contributed by atoms with E-state index in [0.717, 1.165) is 40.2 Å². The van der Waals surface area contributed by atoms with E-state index in [2.05, 4.69) is 42.5 Å². The second kappa shape index (κ2) is 10.7. The fourth-order valence-corrected chi connectivity index (χ4v) is 5.83. The molecular formula is C20H20Br2N2O4S2. The smallest absolute Gasteiger partial charge is 0.341 e. The van der Waals surface area contributed by atoms with Crippen LogP contribution in [-0.4, -0.2) is 30.2 Å². The van der Waals surface area contributed by atoms with E-state index in [1.54, 1.807) is 13.0 Å². The number of carbonyl (C=O) groups is 2. The first-order valence-electron chi connectivity index (χ1n) is 9.39. The number of nitrogens with one attached hydrogen (secondary N) is 2. The van der Waals surface area contributed by atoms with Gasteiger partial charge in [0.25, 0.3) is 5.91 Å². The normalized spacial score (nSPS) is 12.6. The Morgan fingerprint density at radius 3 is 2.73 bits per heavy atom. The van der Waals surface area contributed by atoms with Crippen molar-refractivity contribution in [2.75, 3.05) is 18.5 Å². The lowest BCUT2D eigenvalue weighted by Gasteiger charge is -2.13. The molecule has 0 radical (unpaired) electrons. The molecule has 0 unspecified atom stereocenters. The standard InChI is InChI=1S/C20H20Br2N2O4S2/c1-2-27-19(26)17-12-5-3-4-6-15(12)30-18(17)24-20(29)23-16(25)10-28-14-8-7-11(21)9-13(14)22/h7-9H,2-6,10H2,1H3,(H2,23,24,25,29). The van der Waals surface area contributed by atoms with Crippen molar-refractivity contribution < 1.29 is 19.1 Å². The second-order valence-electron chi connectivity index (χ2n) is 6.50. The van der Waals surface area contributed by atoms with Gasteiger partial charge in [-0.3, -0.25) is 10.1 Å². The van der Waals surface area contributed by atoms with Crippen LogP contribution in [0.15, 0.2) is 27.1 Å². The van der Waals surface area contributed by atoms with E-state index in [4.69, 9.17) is 21.7 Å². The Kier molecular flexibility index (Phi) is 8.27. The third-order valence-corrected chi connectivity index (χ3v) is 6.91. The largest absolute Gasteiger partial charge is 0.483 e. The van der Waals surface area contributed by atoms with Crippen LogP contribution in [0.5, 0.6) is 5.75 Å². The van der Waals surface area contributed by atoms with Crippen LogP contribution >= 0.6 is 55.4 Å². The van der Waals surface area contributed by atoms with Gasteiger partial charge in [0.2, 0.25) is 0 Å². The number of carbonyl (C=O) groups excluding carboxylic acids is 2. The van der Waals surface area contributed by atoms with Gasteiger partial charge in [-0.05, 0) is 84.5 Å². The first-order valence-corrected chi connectivity index (χ1v) is 12.2. The maximum atomic E-state index is 12.5. The molecule has 0 atom stereocenters. The fraction of sp³-hybridized carbons (Fsp3) is 0.350. The Morgan fingerprint density at radius 1 is 1.23 bits per heavy atom. The van der Waals surface area contributed by atoms with Gasteiger partial charge < -0.3 is 14.8 Å². The summed E-state index contributed by atoms with van der Waals surface area (Å²) in [7, 11) is 0. The summed E-state index contributed by atoms with van der Waals surface area (Å²) in [5, 5.41) is 6.32. The molecule has 10 heteroatoms. The van der Waals surface area contributed by atoms with Crippen LogP contribution < -0.4 is 15.4 Å². The van der Waals surface area contributed by atoms with Crippen LogP contribution in [-0.2, 0) is 22.4 Å². The molecule has 0 aliphatic heterocycles. The SMILES string of the molecule is CCOC(=O)c1c(NC(=S)NC(=O)COc2ccc(Br)cc2Br)sc2c1CCCC2. The Bertz CT molecular complexity index is 978. The van der Waals surface area contributed by atoms with Crippen LogP contribution in [0.3, 0.4) is 0 Å². The average molecular weight is 576 g/mol. The third-order valence-electron chi connectivity index (χ3n) is 4.38. The molecule has 3 rings (SSSR count). The minimum Gasteiger partial charge on any atom is -0.483 e.